The van der Waals surface area contributed by atoms with Crippen molar-refractivity contribution in [3.8, 4) is 6.07 Å². The Hall–Kier alpha value is -2.91. The van der Waals surface area contributed by atoms with Crippen LogP contribution in [0.4, 0.5) is 4.79 Å². The molecule has 0 spiro atoms. The Kier molecular flexibility index (Phi) is 4.54. The van der Waals surface area contributed by atoms with Gasteiger partial charge in [-0.1, -0.05) is 30.3 Å². The van der Waals surface area contributed by atoms with E-state index in [1.54, 1.807) is 17.2 Å². The Morgan fingerprint density at radius 1 is 1.26 bits per heavy atom. The minimum absolute atomic E-state index is 0.0669. The van der Waals surface area contributed by atoms with Crippen molar-refractivity contribution in [1.82, 2.24) is 9.88 Å². The Balaban J connectivity index is 1.47. The van der Waals surface area contributed by atoms with E-state index in [1.165, 1.54) is 6.20 Å². The van der Waals surface area contributed by atoms with Gasteiger partial charge in [0.1, 0.15) is 12.7 Å². The maximum absolute atomic E-state index is 12.6. The molecule has 2 saturated heterocycles. The SMILES string of the molecule is N#Cc1cncc(C2(O)CC3CCC(C2)N3C(=O)OCc2ccccc2)c1. The molecule has 27 heavy (non-hydrogen) atoms. The van der Waals surface area contributed by atoms with Crippen molar-refractivity contribution >= 4 is 6.09 Å². The van der Waals surface area contributed by atoms with E-state index in [2.05, 4.69) is 11.1 Å². The van der Waals surface area contributed by atoms with E-state index in [0.717, 1.165) is 18.4 Å². The molecule has 2 bridgehead atoms. The van der Waals surface area contributed by atoms with Gasteiger partial charge in [-0.25, -0.2) is 4.79 Å². The van der Waals surface area contributed by atoms with Crippen molar-refractivity contribution in [3.05, 3.63) is 65.5 Å². The monoisotopic (exact) mass is 363 g/mol. The van der Waals surface area contributed by atoms with Crippen molar-refractivity contribution in [2.24, 2.45) is 0 Å². The Labute approximate surface area is 158 Å². The molecule has 2 aliphatic heterocycles. The van der Waals surface area contributed by atoms with E-state index in [1.807, 2.05) is 30.3 Å². The van der Waals surface area contributed by atoms with Crippen LogP contribution in [-0.2, 0) is 16.9 Å². The third-order valence-electron chi connectivity index (χ3n) is 5.59. The average molecular weight is 363 g/mol. The molecule has 0 radical (unpaired) electrons. The molecule has 2 aliphatic rings. The lowest BCUT2D eigenvalue weighted by atomic mass is 9.81. The third-order valence-corrected chi connectivity index (χ3v) is 5.59. The molecule has 1 aromatic carbocycles. The van der Waals surface area contributed by atoms with Gasteiger partial charge < -0.3 is 14.7 Å². The number of aliphatic hydroxyl groups is 1. The van der Waals surface area contributed by atoms with Crippen molar-refractivity contribution in [2.45, 2.75) is 50.0 Å². The van der Waals surface area contributed by atoms with E-state index < -0.39 is 5.60 Å². The predicted molar refractivity (Wildman–Crippen MR) is 97.4 cm³/mol. The number of hydrogen-bond acceptors (Lipinski definition) is 5. The number of rotatable bonds is 3. The summed E-state index contributed by atoms with van der Waals surface area (Å²) < 4.78 is 5.51. The minimum Gasteiger partial charge on any atom is -0.445 e. The second-order valence-electron chi connectivity index (χ2n) is 7.35. The molecule has 138 valence electrons. The zero-order valence-corrected chi connectivity index (χ0v) is 14.9. The molecule has 6 nitrogen and oxygen atoms in total. The lowest BCUT2D eigenvalue weighted by molar-refractivity contribution is -0.0538. The third kappa shape index (κ3) is 3.38. The normalized spacial score (nSPS) is 26.4. The molecule has 2 unspecified atom stereocenters. The summed E-state index contributed by atoms with van der Waals surface area (Å²) in [5, 5.41) is 20.3. The molecular formula is C21H21N3O3. The molecule has 1 aromatic heterocycles. The van der Waals surface area contributed by atoms with Gasteiger partial charge in [0.25, 0.3) is 0 Å². The molecule has 0 aliphatic carbocycles. The van der Waals surface area contributed by atoms with E-state index in [-0.39, 0.29) is 24.8 Å². The topological polar surface area (TPSA) is 86.5 Å². The number of carbonyl (C=O) groups is 1. The average Bonchev–Trinajstić information content (AvgIpc) is 2.99. The molecule has 2 aromatic rings. The van der Waals surface area contributed by atoms with Gasteiger partial charge >= 0.3 is 6.09 Å². The molecule has 2 fully saturated rings. The zero-order valence-electron chi connectivity index (χ0n) is 14.9. The van der Waals surface area contributed by atoms with Crippen LogP contribution in [0.5, 0.6) is 0 Å². The van der Waals surface area contributed by atoms with Crippen LogP contribution in [0.25, 0.3) is 0 Å². The number of nitrogens with zero attached hydrogens (tertiary/aromatic N) is 3. The van der Waals surface area contributed by atoms with Gasteiger partial charge in [-0.2, -0.15) is 5.26 Å². The molecular weight excluding hydrogens is 342 g/mol. The quantitative estimate of drug-likeness (QED) is 0.905. The number of amides is 1. The summed E-state index contributed by atoms with van der Waals surface area (Å²) >= 11 is 0. The molecule has 2 atom stereocenters. The Morgan fingerprint density at radius 2 is 1.96 bits per heavy atom. The van der Waals surface area contributed by atoms with E-state index in [4.69, 9.17) is 10.00 Å². The number of benzene rings is 1. The summed E-state index contributed by atoms with van der Waals surface area (Å²) in [6, 6.07) is 13.2. The van der Waals surface area contributed by atoms with Gasteiger partial charge in [-0.05, 0) is 24.5 Å². The number of nitriles is 1. The van der Waals surface area contributed by atoms with Crippen LogP contribution >= 0.6 is 0 Å². The fourth-order valence-corrected chi connectivity index (χ4v) is 4.31. The number of fused-ring (bicyclic) bond motifs is 2. The maximum Gasteiger partial charge on any atom is 0.410 e. The second-order valence-corrected chi connectivity index (χ2v) is 7.35. The Bertz CT molecular complexity index is 864. The van der Waals surface area contributed by atoms with Gasteiger partial charge in [0, 0.05) is 42.9 Å². The first-order chi connectivity index (χ1) is 13.1. The van der Waals surface area contributed by atoms with Crippen LogP contribution in [0.15, 0.2) is 48.8 Å². The lowest BCUT2D eigenvalue weighted by Gasteiger charge is -2.43. The van der Waals surface area contributed by atoms with Gasteiger partial charge in [-0.3, -0.25) is 4.98 Å². The van der Waals surface area contributed by atoms with Crippen LogP contribution < -0.4 is 0 Å². The fourth-order valence-electron chi connectivity index (χ4n) is 4.31. The number of pyridine rings is 1. The summed E-state index contributed by atoms with van der Waals surface area (Å²) in [5.41, 5.74) is 0.960. The number of ether oxygens (including phenoxy) is 1. The molecule has 6 heteroatoms. The van der Waals surface area contributed by atoms with Crippen molar-refractivity contribution in [2.75, 3.05) is 0 Å². The molecule has 3 heterocycles. The van der Waals surface area contributed by atoms with Gasteiger partial charge in [-0.15, -0.1) is 0 Å². The van der Waals surface area contributed by atoms with Crippen LogP contribution in [0.1, 0.15) is 42.4 Å². The summed E-state index contributed by atoms with van der Waals surface area (Å²) in [7, 11) is 0. The van der Waals surface area contributed by atoms with Gasteiger partial charge in [0.05, 0.1) is 11.2 Å². The fraction of sp³-hybridized carbons (Fsp3) is 0.381. The van der Waals surface area contributed by atoms with Gasteiger partial charge in [0.2, 0.25) is 0 Å². The molecule has 0 saturated carbocycles. The van der Waals surface area contributed by atoms with E-state index >= 15 is 0 Å². The molecule has 1 amide bonds. The summed E-state index contributed by atoms with van der Waals surface area (Å²) in [4.78, 5) is 18.5. The highest BCUT2D eigenvalue weighted by Gasteiger charge is 2.50. The number of piperidine rings is 1. The van der Waals surface area contributed by atoms with E-state index in [0.29, 0.717) is 24.0 Å². The lowest BCUT2D eigenvalue weighted by Crippen LogP contribution is -2.52. The number of hydrogen-bond donors (Lipinski definition) is 1. The second kappa shape index (κ2) is 7.01. The van der Waals surface area contributed by atoms with Crippen molar-refractivity contribution < 1.29 is 14.6 Å². The van der Waals surface area contributed by atoms with Gasteiger partial charge in [0.15, 0.2) is 0 Å². The maximum atomic E-state index is 12.6. The zero-order chi connectivity index (χ0) is 18.9. The first-order valence-electron chi connectivity index (χ1n) is 9.16. The number of aromatic nitrogens is 1. The van der Waals surface area contributed by atoms with Crippen molar-refractivity contribution in [3.63, 3.8) is 0 Å². The van der Waals surface area contributed by atoms with Crippen LogP contribution in [0.2, 0.25) is 0 Å². The summed E-state index contributed by atoms with van der Waals surface area (Å²) in [5.74, 6) is 0. The molecule has 4 rings (SSSR count). The first kappa shape index (κ1) is 17.5. The standard InChI is InChI=1S/C21H21N3O3/c22-11-16-8-17(13-23-12-16)21(26)9-18-6-7-19(10-21)24(18)20(25)27-14-15-4-2-1-3-5-15/h1-5,8,12-13,18-19,26H,6-7,9-10,14H2. The summed E-state index contributed by atoms with van der Waals surface area (Å²) in [6.45, 7) is 0.244. The molecule has 1 N–H and O–H groups in total. The van der Waals surface area contributed by atoms with E-state index in [9.17, 15) is 9.90 Å². The highest BCUT2D eigenvalue weighted by atomic mass is 16.6. The first-order valence-corrected chi connectivity index (χ1v) is 9.16. The van der Waals surface area contributed by atoms with Crippen LogP contribution in [0.3, 0.4) is 0 Å². The number of carbonyl (C=O) groups excluding carboxylic acids is 1. The largest absolute Gasteiger partial charge is 0.445 e. The minimum atomic E-state index is -1.07. The highest BCUT2D eigenvalue weighted by molar-refractivity contribution is 5.69. The van der Waals surface area contributed by atoms with Crippen LogP contribution in [0, 0.1) is 11.3 Å². The van der Waals surface area contributed by atoms with Crippen LogP contribution in [-0.4, -0.2) is 33.2 Å². The smallest absolute Gasteiger partial charge is 0.410 e. The highest BCUT2D eigenvalue weighted by Crippen LogP contribution is 2.45. The summed E-state index contributed by atoms with van der Waals surface area (Å²) in [6.07, 6.45) is 5.33. The predicted octanol–water partition coefficient (Wildman–Crippen LogP) is 3.10. The Morgan fingerprint density at radius 3 is 2.63 bits per heavy atom. The van der Waals surface area contributed by atoms with Crippen molar-refractivity contribution in [1.29, 1.82) is 5.26 Å².